The van der Waals surface area contributed by atoms with E-state index >= 15 is 0 Å². The lowest BCUT2D eigenvalue weighted by Crippen LogP contribution is -1.99. The molecule has 1 rings (SSSR count). The van der Waals surface area contributed by atoms with E-state index in [9.17, 15) is 4.79 Å². The first kappa shape index (κ1) is 9.92. The van der Waals surface area contributed by atoms with Gasteiger partial charge in [-0.25, -0.2) is 4.98 Å². The highest BCUT2D eigenvalue weighted by molar-refractivity contribution is 7.10. The highest BCUT2D eigenvalue weighted by Gasteiger charge is 2.03. The molecule has 0 radical (unpaired) electrons. The summed E-state index contributed by atoms with van der Waals surface area (Å²) in [6.07, 6.45) is 1.95. The molecule has 0 aliphatic carbocycles. The monoisotopic (exact) mass is 197 g/mol. The highest BCUT2D eigenvalue weighted by Crippen LogP contribution is 2.13. The summed E-state index contributed by atoms with van der Waals surface area (Å²) in [4.78, 5) is 14.5. The van der Waals surface area contributed by atoms with Gasteiger partial charge in [0.25, 0.3) is 0 Å². The van der Waals surface area contributed by atoms with Gasteiger partial charge in [-0.1, -0.05) is 5.57 Å². The Labute approximate surface area is 80.7 Å². The van der Waals surface area contributed by atoms with Gasteiger partial charge >= 0.3 is 5.97 Å². The standard InChI is InChI=1S/C9H11NO2S/c1-6(2)3-8-10-7(5-13-8)4-9(11)12/h3,5H,4H2,1-2H3,(H,11,12). The minimum atomic E-state index is -0.839. The van der Waals surface area contributed by atoms with Crippen LogP contribution in [0.5, 0.6) is 0 Å². The molecular weight excluding hydrogens is 186 g/mol. The molecule has 0 aromatic carbocycles. The van der Waals surface area contributed by atoms with Crippen LogP contribution in [0.25, 0.3) is 6.08 Å². The predicted octanol–water partition coefficient (Wildman–Crippen LogP) is 2.19. The Balaban J connectivity index is 2.75. The maximum absolute atomic E-state index is 10.3. The van der Waals surface area contributed by atoms with Crippen molar-refractivity contribution in [2.75, 3.05) is 0 Å². The van der Waals surface area contributed by atoms with Crippen LogP contribution in [0.2, 0.25) is 0 Å². The van der Waals surface area contributed by atoms with Crippen LogP contribution in [0.1, 0.15) is 24.5 Å². The first-order chi connectivity index (χ1) is 6.08. The molecular formula is C9H11NO2S. The quantitative estimate of drug-likeness (QED) is 0.808. The lowest BCUT2D eigenvalue weighted by molar-refractivity contribution is -0.136. The number of nitrogens with zero attached hydrogens (tertiary/aromatic N) is 1. The molecule has 4 heteroatoms. The second-order valence-corrected chi connectivity index (χ2v) is 3.86. The van der Waals surface area contributed by atoms with E-state index < -0.39 is 5.97 Å². The summed E-state index contributed by atoms with van der Waals surface area (Å²) < 4.78 is 0. The second-order valence-electron chi connectivity index (χ2n) is 2.97. The molecule has 0 amide bonds. The number of allylic oxidation sites excluding steroid dienone is 1. The van der Waals surface area contributed by atoms with Gasteiger partial charge in [-0.2, -0.15) is 0 Å². The molecule has 1 heterocycles. The number of carbonyl (C=O) groups is 1. The van der Waals surface area contributed by atoms with Crippen LogP contribution in [-0.4, -0.2) is 16.1 Å². The van der Waals surface area contributed by atoms with Gasteiger partial charge in [0.15, 0.2) is 0 Å². The summed E-state index contributed by atoms with van der Waals surface area (Å²) in [7, 11) is 0. The zero-order valence-corrected chi connectivity index (χ0v) is 8.39. The first-order valence-corrected chi connectivity index (χ1v) is 4.77. The zero-order valence-electron chi connectivity index (χ0n) is 7.57. The fourth-order valence-corrected chi connectivity index (χ4v) is 1.74. The predicted molar refractivity (Wildman–Crippen MR) is 52.8 cm³/mol. The summed E-state index contributed by atoms with van der Waals surface area (Å²) in [5.74, 6) is -0.839. The number of carboxylic acid groups (broad SMARTS) is 1. The molecule has 0 saturated carbocycles. The third-order valence-electron chi connectivity index (χ3n) is 1.31. The molecule has 3 nitrogen and oxygen atoms in total. The van der Waals surface area contributed by atoms with Crippen molar-refractivity contribution in [1.29, 1.82) is 0 Å². The Bertz CT molecular complexity index is 337. The first-order valence-electron chi connectivity index (χ1n) is 3.89. The Morgan fingerprint density at radius 2 is 2.38 bits per heavy atom. The molecule has 0 fully saturated rings. The van der Waals surface area contributed by atoms with Crippen LogP contribution < -0.4 is 0 Å². The van der Waals surface area contributed by atoms with Gasteiger partial charge in [0.2, 0.25) is 0 Å². The fraction of sp³-hybridized carbons (Fsp3) is 0.333. The van der Waals surface area contributed by atoms with E-state index in [1.165, 1.54) is 11.3 Å². The Hall–Kier alpha value is -1.16. The fourth-order valence-electron chi connectivity index (χ4n) is 0.872. The molecule has 1 aromatic heterocycles. The van der Waals surface area contributed by atoms with Crippen molar-refractivity contribution in [3.05, 3.63) is 21.7 Å². The van der Waals surface area contributed by atoms with E-state index in [1.807, 2.05) is 19.9 Å². The third kappa shape index (κ3) is 3.38. The SMILES string of the molecule is CC(C)=Cc1nc(CC(=O)O)cs1. The van der Waals surface area contributed by atoms with Crippen LogP contribution in [-0.2, 0) is 11.2 Å². The van der Waals surface area contributed by atoms with Crippen LogP contribution in [0.3, 0.4) is 0 Å². The van der Waals surface area contributed by atoms with Crippen molar-refractivity contribution < 1.29 is 9.90 Å². The van der Waals surface area contributed by atoms with Crippen molar-refractivity contribution in [3.8, 4) is 0 Å². The molecule has 70 valence electrons. The maximum Gasteiger partial charge on any atom is 0.309 e. The molecule has 1 aromatic rings. The summed E-state index contributed by atoms with van der Waals surface area (Å²) in [6, 6.07) is 0. The Kier molecular flexibility index (Phi) is 3.19. The molecule has 13 heavy (non-hydrogen) atoms. The summed E-state index contributed by atoms with van der Waals surface area (Å²) >= 11 is 1.47. The van der Waals surface area contributed by atoms with Gasteiger partial charge in [-0.15, -0.1) is 11.3 Å². The number of aliphatic carboxylic acids is 1. The van der Waals surface area contributed by atoms with Gasteiger partial charge in [0.05, 0.1) is 12.1 Å². The molecule has 0 unspecified atom stereocenters. The lowest BCUT2D eigenvalue weighted by Gasteiger charge is -1.87. The van der Waals surface area contributed by atoms with E-state index in [0.717, 1.165) is 10.6 Å². The van der Waals surface area contributed by atoms with E-state index in [-0.39, 0.29) is 6.42 Å². The number of hydrogen-bond acceptors (Lipinski definition) is 3. The normalized spacial score (nSPS) is 9.69. The molecule has 0 aliphatic heterocycles. The zero-order chi connectivity index (χ0) is 9.84. The summed E-state index contributed by atoms with van der Waals surface area (Å²) in [6.45, 7) is 3.97. The van der Waals surface area contributed by atoms with Gasteiger partial charge < -0.3 is 5.11 Å². The highest BCUT2D eigenvalue weighted by atomic mass is 32.1. The second kappa shape index (κ2) is 4.18. The smallest absolute Gasteiger partial charge is 0.309 e. The topological polar surface area (TPSA) is 50.2 Å². The van der Waals surface area contributed by atoms with E-state index in [2.05, 4.69) is 4.98 Å². The summed E-state index contributed by atoms with van der Waals surface area (Å²) in [5, 5.41) is 11.2. The van der Waals surface area contributed by atoms with E-state index in [4.69, 9.17) is 5.11 Å². The molecule has 0 bridgehead atoms. The molecule has 0 atom stereocenters. The maximum atomic E-state index is 10.3. The van der Waals surface area contributed by atoms with Gasteiger partial charge in [-0.3, -0.25) is 4.79 Å². The van der Waals surface area contributed by atoms with Crippen LogP contribution in [0.4, 0.5) is 0 Å². The Morgan fingerprint density at radius 3 is 2.92 bits per heavy atom. The number of aromatic nitrogens is 1. The van der Waals surface area contributed by atoms with Crippen LogP contribution >= 0.6 is 11.3 Å². The third-order valence-corrected chi connectivity index (χ3v) is 2.15. The number of carboxylic acids is 1. The number of thiazole rings is 1. The minimum Gasteiger partial charge on any atom is -0.481 e. The van der Waals surface area contributed by atoms with Crippen LogP contribution in [0.15, 0.2) is 11.0 Å². The van der Waals surface area contributed by atoms with Gasteiger partial charge in [0, 0.05) is 5.38 Å². The van der Waals surface area contributed by atoms with Crippen molar-refractivity contribution in [1.82, 2.24) is 4.98 Å². The molecule has 0 saturated heterocycles. The minimum absolute atomic E-state index is 0.00705. The van der Waals surface area contributed by atoms with Gasteiger partial charge in [0.1, 0.15) is 5.01 Å². The molecule has 0 aliphatic rings. The van der Waals surface area contributed by atoms with E-state index in [1.54, 1.807) is 5.38 Å². The molecule has 1 N–H and O–H groups in total. The Morgan fingerprint density at radius 1 is 1.69 bits per heavy atom. The number of hydrogen-bond donors (Lipinski definition) is 1. The van der Waals surface area contributed by atoms with Crippen molar-refractivity contribution in [3.63, 3.8) is 0 Å². The van der Waals surface area contributed by atoms with Crippen molar-refractivity contribution >= 4 is 23.4 Å². The van der Waals surface area contributed by atoms with E-state index in [0.29, 0.717) is 5.69 Å². The largest absolute Gasteiger partial charge is 0.481 e. The van der Waals surface area contributed by atoms with Crippen molar-refractivity contribution in [2.24, 2.45) is 0 Å². The average Bonchev–Trinajstić information content (AvgIpc) is 2.33. The molecule has 0 spiro atoms. The summed E-state index contributed by atoms with van der Waals surface area (Å²) in [5.41, 5.74) is 1.79. The van der Waals surface area contributed by atoms with Crippen molar-refractivity contribution in [2.45, 2.75) is 20.3 Å². The average molecular weight is 197 g/mol. The number of rotatable bonds is 3. The van der Waals surface area contributed by atoms with Gasteiger partial charge in [-0.05, 0) is 19.9 Å². The van der Waals surface area contributed by atoms with Crippen LogP contribution in [0, 0.1) is 0 Å². The lowest BCUT2D eigenvalue weighted by atomic mass is 10.3.